The van der Waals surface area contributed by atoms with Crippen LogP contribution >= 0.6 is 0 Å². The van der Waals surface area contributed by atoms with Gasteiger partial charge in [-0.05, 0) is 12.3 Å². The minimum Gasteiger partial charge on any atom is -0.333 e. The predicted octanol–water partition coefficient (Wildman–Crippen LogP) is 0.451. The molecule has 13 heavy (non-hydrogen) atoms. The molecule has 0 aromatic rings. The number of terminal acetylenes is 1. The Balaban J connectivity index is 4.03. The van der Waals surface area contributed by atoms with E-state index < -0.39 is 6.04 Å². The van der Waals surface area contributed by atoms with E-state index in [-0.39, 0.29) is 5.91 Å². The zero-order valence-corrected chi connectivity index (χ0v) is 8.58. The fraction of sp³-hybridized carbons (Fsp3) is 0.700. The van der Waals surface area contributed by atoms with Gasteiger partial charge < -0.3 is 10.6 Å². The van der Waals surface area contributed by atoms with Gasteiger partial charge in [0, 0.05) is 7.05 Å². The lowest BCUT2D eigenvalue weighted by molar-refractivity contribution is -0.131. The molecule has 0 saturated carbocycles. The largest absolute Gasteiger partial charge is 0.333 e. The van der Waals surface area contributed by atoms with Gasteiger partial charge in [0.2, 0.25) is 5.91 Å². The van der Waals surface area contributed by atoms with Gasteiger partial charge in [-0.3, -0.25) is 4.79 Å². The van der Waals surface area contributed by atoms with Crippen molar-refractivity contribution in [2.45, 2.75) is 26.3 Å². The van der Waals surface area contributed by atoms with Gasteiger partial charge in [0.1, 0.15) is 0 Å². The normalized spacial score (nSPS) is 12.3. The average Bonchev–Trinajstić information content (AvgIpc) is 2.02. The Bertz CT molecular complexity index is 205. The van der Waals surface area contributed by atoms with Crippen LogP contribution in [0.5, 0.6) is 0 Å². The monoisotopic (exact) mass is 182 g/mol. The van der Waals surface area contributed by atoms with Gasteiger partial charge >= 0.3 is 0 Å². The van der Waals surface area contributed by atoms with Crippen LogP contribution in [0.4, 0.5) is 0 Å². The highest BCUT2D eigenvalue weighted by Crippen LogP contribution is 2.04. The van der Waals surface area contributed by atoms with Gasteiger partial charge in [0.25, 0.3) is 0 Å². The number of nitrogens with zero attached hydrogens (tertiary/aromatic N) is 1. The lowest BCUT2D eigenvalue weighted by atomic mass is 10.0. The van der Waals surface area contributed by atoms with Gasteiger partial charge in [-0.25, -0.2) is 0 Å². The molecule has 0 heterocycles. The average molecular weight is 182 g/mol. The highest BCUT2D eigenvalue weighted by molar-refractivity contribution is 5.81. The van der Waals surface area contributed by atoms with E-state index in [0.29, 0.717) is 18.9 Å². The Labute approximate surface area is 80.3 Å². The summed E-state index contributed by atoms with van der Waals surface area (Å²) in [5.41, 5.74) is 5.69. The zero-order valence-electron chi connectivity index (χ0n) is 8.58. The molecule has 1 amide bonds. The van der Waals surface area contributed by atoms with Crippen LogP contribution in [0, 0.1) is 18.3 Å². The molecule has 0 rings (SSSR count). The Morgan fingerprint density at radius 2 is 2.15 bits per heavy atom. The second kappa shape index (κ2) is 5.60. The smallest absolute Gasteiger partial charge is 0.240 e. The topological polar surface area (TPSA) is 46.3 Å². The van der Waals surface area contributed by atoms with Crippen molar-refractivity contribution < 1.29 is 4.79 Å². The molecule has 0 saturated heterocycles. The molecule has 0 bridgehead atoms. The Hall–Kier alpha value is -1.01. The number of likely N-dealkylation sites (N-methyl/N-ethyl adjacent to an activating group) is 1. The fourth-order valence-corrected chi connectivity index (χ4v) is 1.11. The second-order valence-corrected chi connectivity index (χ2v) is 3.63. The number of nitrogens with two attached hydrogens (primary N) is 1. The fourth-order valence-electron chi connectivity index (χ4n) is 1.11. The van der Waals surface area contributed by atoms with Crippen molar-refractivity contribution in [1.29, 1.82) is 0 Å². The molecule has 0 aromatic heterocycles. The molecule has 0 aliphatic carbocycles. The minimum atomic E-state index is -0.418. The lowest BCUT2D eigenvalue weighted by Crippen LogP contribution is -2.42. The molecular weight excluding hydrogens is 164 g/mol. The Morgan fingerprint density at radius 1 is 1.62 bits per heavy atom. The van der Waals surface area contributed by atoms with Gasteiger partial charge in [-0.2, -0.15) is 0 Å². The first-order valence-corrected chi connectivity index (χ1v) is 4.43. The summed E-state index contributed by atoms with van der Waals surface area (Å²) in [4.78, 5) is 13.0. The first-order chi connectivity index (χ1) is 5.99. The Kier molecular flexibility index (Phi) is 5.17. The van der Waals surface area contributed by atoms with Gasteiger partial charge in [-0.1, -0.05) is 19.8 Å². The van der Waals surface area contributed by atoms with Crippen molar-refractivity contribution in [3.63, 3.8) is 0 Å². The van der Waals surface area contributed by atoms with Crippen molar-refractivity contribution in [3.05, 3.63) is 0 Å². The van der Waals surface area contributed by atoms with Crippen LogP contribution in [0.2, 0.25) is 0 Å². The summed E-state index contributed by atoms with van der Waals surface area (Å²) in [6.07, 6.45) is 5.79. The zero-order chi connectivity index (χ0) is 10.4. The molecule has 1 atom stereocenters. The van der Waals surface area contributed by atoms with Crippen molar-refractivity contribution >= 4 is 5.91 Å². The summed E-state index contributed by atoms with van der Waals surface area (Å²) in [5.74, 6) is 2.76. The molecule has 0 aliphatic heterocycles. The molecule has 3 heteroatoms. The molecule has 0 spiro atoms. The van der Waals surface area contributed by atoms with Crippen LogP contribution in [-0.2, 0) is 4.79 Å². The maximum Gasteiger partial charge on any atom is 0.240 e. The van der Waals surface area contributed by atoms with Crippen LogP contribution in [0.3, 0.4) is 0 Å². The summed E-state index contributed by atoms with van der Waals surface area (Å²) in [7, 11) is 1.67. The maximum atomic E-state index is 11.5. The Morgan fingerprint density at radius 3 is 2.54 bits per heavy atom. The number of carbonyl (C=O) groups excluding carboxylic acids is 1. The van der Waals surface area contributed by atoms with Gasteiger partial charge in [-0.15, -0.1) is 6.42 Å². The van der Waals surface area contributed by atoms with Crippen LogP contribution in [0.25, 0.3) is 0 Å². The number of rotatable bonds is 4. The standard InChI is InChI=1S/C10H18N2O/c1-5-6-12(4)10(13)9(11)7-8(2)3/h1,8-9H,6-7,11H2,2-4H3/t9-/m0/s1. The van der Waals surface area contributed by atoms with Gasteiger partial charge in [0.15, 0.2) is 0 Å². The van der Waals surface area contributed by atoms with E-state index in [2.05, 4.69) is 5.92 Å². The van der Waals surface area contributed by atoms with Crippen LogP contribution in [0.15, 0.2) is 0 Å². The van der Waals surface area contributed by atoms with E-state index in [1.165, 1.54) is 4.90 Å². The van der Waals surface area contributed by atoms with E-state index in [0.717, 1.165) is 0 Å². The van der Waals surface area contributed by atoms with Crippen molar-refractivity contribution in [1.82, 2.24) is 4.90 Å². The molecule has 3 nitrogen and oxygen atoms in total. The van der Waals surface area contributed by atoms with Crippen molar-refractivity contribution in [2.75, 3.05) is 13.6 Å². The van der Waals surface area contributed by atoms with E-state index >= 15 is 0 Å². The highest BCUT2D eigenvalue weighted by atomic mass is 16.2. The number of amides is 1. The lowest BCUT2D eigenvalue weighted by Gasteiger charge is -2.20. The van der Waals surface area contributed by atoms with Crippen molar-refractivity contribution in [3.8, 4) is 12.3 Å². The van der Waals surface area contributed by atoms with Crippen molar-refractivity contribution in [2.24, 2.45) is 11.7 Å². The molecular formula is C10H18N2O. The molecule has 0 radical (unpaired) electrons. The number of hydrogen-bond acceptors (Lipinski definition) is 2. The highest BCUT2D eigenvalue weighted by Gasteiger charge is 2.17. The summed E-state index contributed by atoms with van der Waals surface area (Å²) in [6.45, 7) is 4.40. The molecule has 0 aromatic carbocycles. The first-order valence-electron chi connectivity index (χ1n) is 4.43. The van der Waals surface area contributed by atoms with E-state index in [9.17, 15) is 4.79 Å². The first kappa shape index (κ1) is 12.0. The predicted molar refractivity (Wildman–Crippen MR) is 53.9 cm³/mol. The molecule has 0 aliphatic rings. The van der Waals surface area contributed by atoms with E-state index in [4.69, 9.17) is 12.2 Å². The molecule has 2 N–H and O–H groups in total. The quantitative estimate of drug-likeness (QED) is 0.642. The number of carbonyl (C=O) groups is 1. The summed E-state index contributed by atoms with van der Waals surface area (Å²) < 4.78 is 0. The van der Waals surface area contributed by atoms with E-state index in [1.807, 2.05) is 13.8 Å². The minimum absolute atomic E-state index is 0.0772. The van der Waals surface area contributed by atoms with E-state index in [1.54, 1.807) is 7.05 Å². The molecule has 74 valence electrons. The summed E-state index contributed by atoms with van der Waals surface area (Å²) >= 11 is 0. The third-order valence-electron chi connectivity index (χ3n) is 1.75. The summed E-state index contributed by atoms with van der Waals surface area (Å²) in [6, 6.07) is -0.418. The van der Waals surface area contributed by atoms with Crippen LogP contribution in [-0.4, -0.2) is 30.4 Å². The molecule has 0 fully saturated rings. The third kappa shape index (κ3) is 4.54. The number of hydrogen-bond donors (Lipinski definition) is 1. The second-order valence-electron chi connectivity index (χ2n) is 3.63. The van der Waals surface area contributed by atoms with Crippen LogP contribution in [0.1, 0.15) is 20.3 Å². The third-order valence-corrected chi connectivity index (χ3v) is 1.75. The SMILES string of the molecule is C#CCN(C)C(=O)[C@@H](N)CC(C)C. The van der Waals surface area contributed by atoms with Gasteiger partial charge in [0.05, 0.1) is 12.6 Å². The molecule has 0 unspecified atom stereocenters. The van der Waals surface area contributed by atoms with Crippen LogP contribution < -0.4 is 5.73 Å². The maximum absolute atomic E-state index is 11.5. The summed E-state index contributed by atoms with van der Waals surface area (Å²) in [5, 5.41) is 0.